The Kier molecular flexibility index (Phi) is 6.20. The van der Waals surface area contributed by atoms with Gasteiger partial charge in [-0.05, 0) is 47.7 Å². The molecular weight excluding hydrogens is 409 g/mol. The topological polar surface area (TPSA) is 81.9 Å². The van der Waals surface area contributed by atoms with Gasteiger partial charge in [-0.15, -0.1) is 5.10 Å². The highest BCUT2D eigenvalue weighted by molar-refractivity contribution is 8.00. The van der Waals surface area contributed by atoms with Gasteiger partial charge in [0.1, 0.15) is 11.4 Å². The fourth-order valence-electron chi connectivity index (χ4n) is 2.29. The van der Waals surface area contributed by atoms with Gasteiger partial charge in [0.15, 0.2) is 0 Å². The molecule has 1 amide bonds. The lowest BCUT2D eigenvalue weighted by molar-refractivity contribution is -0.115. The number of para-hydroxylation sites is 2. The van der Waals surface area contributed by atoms with Gasteiger partial charge in [-0.3, -0.25) is 4.79 Å². The summed E-state index contributed by atoms with van der Waals surface area (Å²) >= 11 is 13.1. The third-order valence-electron chi connectivity index (χ3n) is 3.54. The number of tetrazole rings is 1. The average Bonchev–Trinajstić information content (AvgIpc) is 3.08. The Morgan fingerprint density at radius 2 is 1.93 bits per heavy atom. The Morgan fingerprint density at radius 1 is 1.22 bits per heavy atom. The zero-order valence-electron chi connectivity index (χ0n) is 14.4. The van der Waals surface area contributed by atoms with Gasteiger partial charge >= 0.3 is 0 Å². The standard InChI is InChI=1S/C17H15Cl2N5O2S/c1-10(16(25)20-13-8-11(18)7-12(19)9-13)27-17-21-22-23-24(17)14-5-3-4-6-15(14)26-2/h3-10H,1-2H3,(H,20,25). The normalized spacial score (nSPS) is 11.9. The maximum atomic E-state index is 12.5. The number of aromatic nitrogens is 4. The van der Waals surface area contributed by atoms with E-state index in [0.29, 0.717) is 32.3 Å². The largest absolute Gasteiger partial charge is 0.494 e. The minimum absolute atomic E-state index is 0.229. The number of nitrogens with one attached hydrogen (secondary N) is 1. The summed E-state index contributed by atoms with van der Waals surface area (Å²) in [6.45, 7) is 1.76. The van der Waals surface area contributed by atoms with Crippen LogP contribution < -0.4 is 10.1 Å². The molecule has 0 saturated heterocycles. The van der Waals surface area contributed by atoms with Gasteiger partial charge in [0, 0.05) is 15.7 Å². The van der Waals surface area contributed by atoms with Crippen LogP contribution in [0.1, 0.15) is 6.92 Å². The van der Waals surface area contributed by atoms with E-state index in [2.05, 4.69) is 20.8 Å². The molecule has 0 aliphatic carbocycles. The predicted octanol–water partition coefficient (Wildman–Crippen LogP) is 4.10. The van der Waals surface area contributed by atoms with Gasteiger partial charge in [-0.1, -0.05) is 47.1 Å². The number of hydrogen-bond donors (Lipinski definition) is 1. The summed E-state index contributed by atoms with van der Waals surface area (Å²) in [4.78, 5) is 12.5. The molecule has 0 aliphatic heterocycles. The molecule has 140 valence electrons. The van der Waals surface area contributed by atoms with E-state index in [9.17, 15) is 4.79 Å². The van der Waals surface area contributed by atoms with E-state index < -0.39 is 5.25 Å². The number of anilines is 1. The SMILES string of the molecule is COc1ccccc1-n1nnnc1SC(C)C(=O)Nc1cc(Cl)cc(Cl)c1. The van der Waals surface area contributed by atoms with Crippen LogP contribution in [-0.2, 0) is 4.79 Å². The van der Waals surface area contributed by atoms with Crippen molar-refractivity contribution in [2.24, 2.45) is 0 Å². The number of rotatable bonds is 6. The molecule has 0 spiro atoms. The molecule has 1 N–H and O–H groups in total. The molecule has 27 heavy (non-hydrogen) atoms. The van der Waals surface area contributed by atoms with Crippen molar-refractivity contribution in [1.82, 2.24) is 20.2 Å². The Balaban J connectivity index is 1.76. The van der Waals surface area contributed by atoms with Crippen molar-refractivity contribution in [2.45, 2.75) is 17.3 Å². The molecule has 0 aliphatic rings. The Labute approximate surface area is 170 Å². The van der Waals surface area contributed by atoms with Crippen LogP contribution in [0, 0.1) is 0 Å². The molecule has 0 fully saturated rings. The third-order valence-corrected chi connectivity index (χ3v) is 5.01. The fraction of sp³-hybridized carbons (Fsp3) is 0.176. The van der Waals surface area contributed by atoms with Gasteiger partial charge in [0.2, 0.25) is 11.1 Å². The van der Waals surface area contributed by atoms with Crippen LogP contribution in [0.4, 0.5) is 5.69 Å². The Morgan fingerprint density at radius 3 is 2.63 bits per heavy atom. The first kappa shape index (κ1) is 19.5. The van der Waals surface area contributed by atoms with E-state index in [0.717, 1.165) is 0 Å². The monoisotopic (exact) mass is 423 g/mol. The van der Waals surface area contributed by atoms with Gasteiger partial charge in [-0.2, -0.15) is 4.68 Å². The van der Waals surface area contributed by atoms with Crippen LogP contribution in [0.2, 0.25) is 10.0 Å². The number of benzene rings is 2. The Bertz CT molecular complexity index is 946. The molecule has 1 atom stereocenters. The van der Waals surface area contributed by atoms with Crippen LogP contribution in [0.5, 0.6) is 5.75 Å². The molecular formula is C17H15Cl2N5O2S. The molecule has 2 aromatic carbocycles. The smallest absolute Gasteiger partial charge is 0.237 e. The highest BCUT2D eigenvalue weighted by Crippen LogP contribution is 2.28. The second kappa shape index (κ2) is 8.60. The first-order chi connectivity index (χ1) is 13.0. The van der Waals surface area contributed by atoms with Gasteiger partial charge in [0.05, 0.1) is 12.4 Å². The summed E-state index contributed by atoms with van der Waals surface area (Å²) in [7, 11) is 1.57. The summed E-state index contributed by atoms with van der Waals surface area (Å²) in [6, 6.07) is 12.2. The zero-order valence-corrected chi connectivity index (χ0v) is 16.7. The zero-order chi connectivity index (χ0) is 19.4. The van der Waals surface area contributed by atoms with E-state index in [1.54, 1.807) is 32.2 Å². The molecule has 0 bridgehead atoms. The number of hydrogen-bond acceptors (Lipinski definition) is 6. The van der Waals surface area contributed by atoms with Crippen molar-refractivity contribution in [3.05, 3.63) is 52.5 Å². The van der Waals surface area contributed by atoms with Crippen molar-refractivity contribution in [1.29, 1.82) is 0 Å². The second-order valence-electron chi connectivity index (χ2n) is 5.45. The molecule has 3 aromatic rings. The fourth-order valence-corrected chi connectivity index (χ4v) is 3.62. The van der Waals surface area contributed by atoms with E-state index in [-0.39, 0.29) is 5.91 Å². The minimum Gasteiger partial charge on any atom is -0.494 e. The maximum Gasteiger partial charge on any atom is 0.237 e. The minimum atomic E-state index is -0.470. The number of halogens is 2. The van der Waals surface area contributed by atoms with E-state index in [1.165, 1.54) is 16.4 Å². The van der Waals surface area contributed by atoms with Crippen LogP contribution in [0.25, 0.3) is 5.69 Å². The number of thioether (sulfide) groups is 1. The summed E-state index contributed by atoms with van der Waals surface area (Å²) in [6.07, 6.45) is 0. The van der Waals surface area contributed by atoms with Crippen LogP contribution in [-0.4, -0.2) is 38.5 Å². The Hall–Kier alpha value is -2.29. The first-order valence-electron chi connectivity index (χ1n) is 7.83. The molecule has 7 nitrogen and oxygen atoms in total. The number of nitrogens with zero attached hydrogens (tertiary/aromatic N) is 4. The van der Waals surface area contributed by atoms with Crippen molar-refractivity contribution in [3.8, 4) is 11.4 Å². The molecule has 0 radical (unpaired) electrons. The second-order valence-corrected chi connectivity index (χ2v) is 7.63. The maximum absolute atomic E-state index is 12.5. The number of methoxy groups -OCH3 is 1. The van der Waals surface area contributed by atoms with Crippen molar-refractivity contribution in [2.75, 3.05) is 12.4 Å². The summed E-state index contributed by atoms with van der Waals surface area (Å²) in [5.41, 5.74) is 1.20. The van der Waals surface area contributed by atoms with Crippen molar-refractivity contribution >= 4 is 46.6 Å². The first-order valence-corrected chi connectivity index (χ1v) is 9.47. The number of carbonyl (C=O) groups is 1. The lowest BCUT2D eigenvalue weighted by Crippen LogP contribution is -2.23. The summed E-state index contributed by atoms with van der Waals surface area (Å²) in [5, 5.41) is 15.4. The number of amides is 1. The van der Waals surface area contributed by atoms with Crippen LogP contribution in [0.15, 0.2) is 47.6 Å². The number of carbonyl (C=O) groups excluding carboxylic acids is 1. The molecule has 3 rings (SSSR count). The predicted molar refractivity (Wildman–Crippen MR) is 106 cm³/mol. The average molecular weight is 424 g/mol. The van der Waals surface area contributed by atoms with Crippen molar-refractivity contribution in [3.63, 3.8) is 0 Å². The van der Waals surface area contributed by atoms with E-state index in [1.807, 2.05) is 24.3 Å². The molecule has 1 heterocycles. The number of ether oxygens (including phenoxy) is 1. The molecule has 0 saturated carbocycles. The van der Waals surface area contributed by atoms with Gasteiger partial charge in [0.25, 0.3) is 0 Å². The summed E-state index contributed by atoms with van der Waals surface area (Å²) in [5.74, 6) is 0.394. The quantitative estimate of drug-likeness (QED) is 0.600. The van der Waals surface area contributed by atoms with Gasteiger partial charge in [-0.25, -0.2) is 0 Å². The lowest BCUT2D eigenvalue weighted by Gasteiger charge is -2.13. The summed E-state index contributed by atoms with van der Waals surface area (Å²) < 4.78 is 6.88. The van der Waals surface area contributed by atoms with Crippen LogP contribution >= 0.6 is 35.0 Å². The molecule has 1 unspecified atom stereocenters. The van der Waals surface area contributed by atoms with Crippen LogP contribution in [0.3, 0.4) is 0 Å². The van der Waals surface area contributed by atoms with Gasteiger partial charge < -0.3 is 10.1 Å². The molecule has 10 heteroatoms. The van der Waals surface area contributed by atoms with Crippen molar-refractivity contribution < 1.29 is 9.53 Å². The van der Waals surface area contributed by atoms with E-state index in [4.69, 9.17) is 27.9 Å². The molecule has 1 aromatic heterocycles. The highest BCUT2D eigenvalue weighted by atomic mass is 35.5. The lowest BCUT2D eigenvalue weighted by atomic mass is 10.3. The van der Waals surface area contributed by atoms with E-state index >= 15 is 0 Å². The third kappa shape index (κ3) is 4.71. The highest BCUT2D eigenvalue weighted by Gasteiger charge is 2.20.